The summed E-state index contributed by atoms with van der Waals surface area (Å²) in [5.41, 5.74) is 1.09. The summed E-state index contributed by atoms with van der Waals surface area (Å²) in [4.78, 5) is 4.17. The van der Waals surface area contributed by atoms with Gasteiger partial charge in [-0.2, -0.15) is 5.10 Å². The highest BCUT2D eigenvalue weighted by Crippen LogP contribution is 2.22. The molecule has 2 aromatic rings. The van der Waals surface area contributed by atoms with E-state index in [1.165, 1.54) is 6.33 Å². The Morgan fingerprint density at radius 1 is 1.47 bits per heavy atom. The molecule has 5 heteroatoms. The van der Waals surface area contributed by atoms with Crippen molar-refractivity contribution in [1.82, 2.24) is 20.5 Å². The van der Waals surface area contributed by atoms with Gasteiger partial charge < -0.3 is 10.1 Å². The van der Waals surface area contributed by atoms with Crippen molar-refractivity contribution in [2.24, 2.45) is 0 Å². The van der Waals surface area contributed by atoms with Crippen LogP contribution in [0.1, 0.15) is 24.4 Å². The molecule has 0 bridgehead atoms. The molecule has 0 aliphatic heterocycles. The number of ether oxygens (including phenoxy) is 1. The maximum absolute atomic E-state index is 5.48. The summed E-state index contributed by atoms with van der Waals surface area (Å²) in [6, 6.07) is 7.96. The molecule has 17 heavy (non-hydrogen) atoms. The van der Waals surface area contributed by atoms with Gasteiger partial charge in [0.1, 0.15) is 17.9 Å². The predicted molar refractivity (Wildman–Crippen MR) is 64.9 cm³/mol. The van der Waals surface area contributed by atoms with Gasteiger partial charge in [-0.15, -0.1) is 0 Å². The molecule has 5 nitrogen and oxygen atoms in total. The average molecular weight is 232 g/mol. The Morgan fingerprint density at radius 2 is 2.35 bits per heavy atom. The van der Waals surface area contributed by atoms with Gasteiger partial charge in [-0.1, -0.05) is 12.1 Å². The van der Waals surface area contributed by atoms with Crippen LogP contribution >= 0.6 is 0 Å². The van der Waals surface area contributed by atoms with Crippen LogP contribution in [0.25, 0.3) is 0 Å². The molecule has 0 radical (unpaired) electrons. The molecule has 0 saturated carbocycles. The minimum Gasteiger partial charge on any atom is -0.494 e. The largest absolute Gasteiger partial charge is 0.494 e. The van der Waals surface area contributed by atoms with Crippen LogP contribution in [-0.4, -0.2) is 28.8 Å². The molecular weight excluding hydrogens is 216 g/mol. The van der Waals surface area contributed by atoms with Crippen molar-refractivity contribution >= 4 is 0 Å². The predicted octanol–water partition coefficient (Wildman–Crippen LogP) is 1.51. The second-order valence-corrected chi connectivity index (χ2v) is 3.60. The second-order valence-electron chi connectivity index (χ2n) is 3.60. The molecule has 90 valence electrons. The number of rotatable bonds is 5. The van der Waals surface area contributed by atoms with Crippen LogP contribution < -0.4 is 10.1 Å². The van der Waals surface area contributed by atoms with E-state index in [4.69, 9.17) is 4.74 Å². The number of aromatic nitrogens is 3. The van der Waals surface area contributed by atoms with E-state index in [0.29, 0.717) is 6.61 Å². The molecule has 0 aliphatic rings. The van der Waals surface area contributed by atoms with Crippen molar-refractivity contribution in [2.75, 3.05) is 13.7 Å². The standard InChI is InChI=1S/C12H16N4O/c1-3-17-10-6-4-5-9(7-10)11(13-2)12-14-8-15-16-12/h4-8,11,13H,3H2,1-2H3,(H,14,15,16). The molecule has 0 amide bonds. The molecule has 1 atom stereocenters. The van der Waals surface area contributed by atoms with Crippen LogP contribution in [0.4, 0.5) is 0 Å². The first-order valence-corrected chi connectivity index (χ1v) is 5.60. The molecule has 0 spiro atoms. The van der Waals surface area contributed by atoms with Crippen molar-refractivity contribution in [3.8, 4) is 5.75 Å². The van der Waals surface area contributed by atoms with E-state index >= 15 is 0 Å². The number of H-pyrrole nitrogens is 1. The Balaban J connectivity index is 2.28. The molecule has 2 N–H and O–H groups in total. The zero-order chi connectivity index (χ0) is 12.1. The van der Waals surface area contributed by atoms with Gasteiger partial charge in [0.2, 0.25) is 0 Å². The average Bonchev–Trinajstić information content (AvgIpc) is 2.85. The van der Waals surface area contributed by atoms with Gasteiger partial charge in [-0.05, 0) is 31.7 Å². The molecule has 0 aliphatic carbocycles. The topological polar surface area (TPSA) is 62.8 Å². The minimum atomic E-state index is -0.00194. The normalized spacial score (nSPS) is 12.4. The van der Waals surface area contributed by atoms with E-state index in [0.717, 1.165) is 17.1 Å². The fraction of sp³-hybridized carbons (Fsp3) is 0.333. The molecule has 0 saturated heterocycles. The Bertz CT molecular complexity index is 455. The smallest absolute Gasteiger partial charge is 0.145 e. The van der Waals surface area contributed by atoms with Crippen molar-refractivity contribution in [3.63, 3.8) is 0 Å². The van der Waals surface area contributed by atoms with E-state index in [1.54, 1.807) is 0 Å². The maximum Gasteiger partial charge on any atom is 0.145 e. The fourth-order valence-electron chi connectivity index (χ4n) is 1.77. The SMILES string of the molecule is CCOc1cccc(C(NC)c2ncn[nH]2)c1. The number of nitrogens with zero attached hydrogens (tertiary/aromatic N) is 2. The third kappa shape index (κ3) is 2.62. The first kappa shape index (κ1) is 11.6. The molecule has 1 aromatic heterocycles. The highest BCUT2D eigenvalue weighted by molar-refractivity contribution is 5.33. The monoisotopic (exact) mass is 232 g/mol. The lowest BCUT2D eigenvalue weighted by Crippen LogP contribution is -2.19. The van der Waals surface area contributed by atoms with Gasteiger partial charge in [-0.3, -0.25) is 5.10 Å². The number of benzene rings is 1. The highest BCUT2D eigenvalue weighted by atomic mass is 16.5. The lowest BCUT2D eigenvalue weighted by Gasteiger charge is -2.14. The molecule has 2 rings (SSSR count). The maximum atomic E-state index is 5.48. The Hall–Kier alpha value is -1.88. The molecular formula is C12H16N4O. The first-order valence-electron chi connectivity index (χ1n) is 5.60. The summed E-state index contributed by atoms with van der Waals surface area (Å²) < 4.78 is 5.48. The van der Waals surface area contributed by atoms with Crippen molar-refractivity contribution in [2.45, 2.75) is 13.0 Å². The van der Waals surface area contributed by atoms with Gasteiger partial charge in [0.05, 0.1) is 12.6 Å². The molecule has 1 unspecified atom stereocenters. The zero-order valence-corrected chi connectivity index (χ0v) is 9.97. The number of aromatic amines is 1. The summed E-state index contributed by atoms with van der Waals surface area (Å²) >= 11 is 0. The number of hydrogen-bond acceptors (Lipinski definition) is 4. The van der Waals surface area contributed by atoms with Crippen LogP contribution in [0.15, 0.2) is 30.6 Å². The lowest BCUT2D eigenvalue weighted by atomic mass is 10.1. The van der Waals surface area contributed by atoms with Crippen molar-refractivity contribution in [1.29, 1.82) is 0 Å². The summed E-state index contributed by atoms with van der Waals surface area (Å²) in [6.45, 7) is 2.63. The van der Waals surface area contributed by atoms with Crippen molar-refractivity contribution in [3.05, 3.63) is 42.0 Å². The fourth-order valence-corrected chi connectivity index (χ4v) is 1.77. The quantitative estimate of drug-likeness (QED) is 0.820. The second kappa shape index (κ2) is 5.45. The molecule has 0 fully saturated rings. The van der Waals surface area contributed by atoms with Crippen LogP contribution in [0, 0.1) is 0 Å². The zero-order valence-electron chi connectivity index (χ0n) is 9.97. The summed E-state index contributed by atoms with van der Waals surface area (Å²) in [5.74, 6) is 1.66. The van der Waals surface area contributed by atoms with Crippen molar-refractivity contribution < 1.29 is 4.74 Å². The number of hydrogen-bond donors (Lipinski definition) is 2. The van der Waals surface area contributed by atoms with Crippen LogP contribution in [-0.2, 0) is 0 Å². The van der Waals surface area contributed by atoms with E-state index in [-0.39, 0.29) is 6.04 Å². The van der Waals surface area contributed by atoms with Crippen LogP contribution in [0.2, 0.25) is 0 Å². The van der Waals surface area contributed by atoms with Gasteiger partial charge in [0.25, 0.3) is 0 Å². The first-order chi connectivity index (χ1) is 8.35. The summed E-state index contributed by atoms with van der Waals surface area (Å²) in [5, 5.41) is 9.94. The van der Waals surface area contributed by atoms with Gasteiger partial charge in [0, 0.05) is 0 Å². The van der Waals surface area contributed by atoms with E-state index in [2.05, 4.69) is 20.5 Å². The van der Waals surface area contributed by atoms with E-state index in [1.807, 2.05) is 38.2 Å². The Morgan fingerprint density at radius 3 is 3.00 bits per heavy atom. The highest BCUT2D eigenvalue weighted by Gasteiger charge is 2.14. The minimum absolute atomic E-state index is 0.00194. The summed E-state index contributed by atoms with van der Waals surface area (Å²) in [6.07, 6.45) is 1.51. The van der Waals surface area contributed by atoms with Crippen LogP contribution in [0.3, 0.4) is 0 Å². The third-order valence-electron chi connectivity index (χ3n) is 2.50. The van der Waals surface area contributed by atoms with Gasteiger partial charge >= 0.3 is 0 Å². The Kier molecular flexibility index (Phi) is 3.72. The lowest BCUT2D eigenvalue weighted by molar-refractivity contribution is 0.339. The van der Waals surface area contributed by atoms with Gasteiger partial charge in [0.15, 0.2) is 0 Å². The number of nitrogens with one attached hydrogen (secondary N) is 2. The van der Waals surface area contributed by atoms with E-state index in [9.17, 15) is 0 Å². The molecule has 1 heterocycles. The molecule has 1 aromatic carbocycles. The van der Waals surface area contributed by atoms with Gasteiger partial charge in [-0.25, -0.2) is 4.98 Å². The third-order valence-corrected chi connectivity index (χ3v) is 2.50. The van der Waals surface area contributed by atoms with E-state index < -0.39 is 0 Å². The van der Waals surface area contributed by atoms with Crippen LogP contribution in [0.5, 0.6) is 5.75 Å². The summed E-state index contributed by atoms with van der Waals surface area (Å²) in [7, 11) is 1.89. The Labute approximate surface area is 100 Å².